The maximum absolute atomic E-state index is 13.4. The predicted octanol–water partition coefficient (Wildman–Crippen LogP) is 3.74. The molecule has 0 saturated heterocycles. The van der Waals surface area contributed by atoms with Gasteiger partial charge in [0, 0.05) is 24.7 Å². The van der Waals surface area contributed by atoms with Crippen LogP contribution >= 0.6 is 11.6 Å². The van der Waals surface area contributed by atoms with E-state index in [0.717, 1.165) is 21.3 Å². The first-order chi connectivity index (χ1) is 17.4. The number of carboxylic acid groups (broad SMARTS) is 1. The van der Waals surface area contributed by atoms with Crippen molar-refractivity contribution in [1.29, 1.82) is 0 Å². The summed E-state index contributed by atoms with van der Waals surface area (Å²) >= 11 is 5.96. The molecule has 14 heteroatoms. The molecule has 0 unspecified atom stereocenters. The van der Waals surface area contributed by atoms with Crippen LogP contribution in [0.2, 0.25) is 5.02 Å². The number of aromatic nitrogens is 4. The topological polar surface area (TPSA) is 122 Å². The van der Waals surface area contributed by atoms with Crippen LogP contribution in [-0.4, -0.2) is 40.9 Å². The van der Waals surface area contributed by atoms with E-state index in [1.165, 1.54) is 23.7 Å². The second kappa shape index (κ2) is 10.0. The van der Waals surface area contributed by atoms with Crippen molar-refractivity contribution >= 4 is 28.7 Å². The first-order valence-electron chi connectivity index (χ1n) is 10.6. The molecule has 4 rings (SSSR count). The number of fused-ring (bicyclic) bond motifs is 1. The van der Waals surface area contributed by atoms with Crippen LogP contribution in [0.4, 0.5) is 13.2 Å². The summed E-state index contributed by atoms with van der Waals surface area (Å²) in [5, 5.41) is 9.60. The summed E-state index contributed by atoms with van der Waals surface area (Å²) < 4.78 is 50.9. The van der Waals surface area contributed by atoms with Crippen LogP contribution in [0.3, 0.4) is 0 Å². The summed E-state index contributed by atoms with van der Waals surface area (Å²) in [7, 11) is 1.37. The van der Waals surface area contributed by atoms with Crippen LogP contribution in [0.5, 0.6) is 17.5 Å². The smallest absolute Gasteiger partial charge is 0.425 e. The first kappa shape index (κ1) is 25.8. The van der Waals surface area contributed by atoms with Crippen molar-refractivity contribution in [3.05, 3.63) is 80.0 Å². The number of nitrogens with zero attached hydrogens (tertiary/aromatic N) is 4. The van der Waals surface area contributed by atoms with E-state index in [1.54, 1.807) is 24.3 Å². The lowest BCUT2D eigenvalue weighted by Gasteiger charge is -2.12. The third kappa shape index (κ3) is 5.77. The van der Waals surface area contributed by atoms with E-state index < -0.39 is 29.3 Å². The molecule has 0 atom stereocenters. The molecule has 37 heavy (non-hydrogen) atoms. The van der Waals surface area contributed by atoms with Gasteiger partial charge in [0.25, 0.3) is 5.56 Å². The molecule has 0 amide bonds. The van der Waals surface area contributed by atoms with Crippen LogP contribution in [0.15, 0.2) is 58.1 Å². The number of alkyl halides is 3. The van der Waals surface area contributed by atoms with Crippen molar-refractivity contribution < 1.29 is 32.5 Å². The van der Waals surface area contributed by atoms with E-state index >= 15 is 0 Å². The Hall–Kier alpha value is -4.26. The van der Waals surface area contributed by atoms with Crippen molar-refractivity contribution in [2.75, 3.05) is 0 Å². The Morgan fingerprint density at radius 3 is 2.43 bits per heavy atom. The molecule has 2 aromatic heterocycles. The van der Waals surface area contributed by atoms with Gasteiger partial charge in [-0.05, 0) is 29.8 Å². The van der Waals surface area contributed by atoms with E-state index in [-0.39, 0.29) is 42.4 Å². The van der Waals surface area contributed by atoms with E-state index in [0.29, 0.717) is 10.6 Å². The lowest BCUT2D eigenvalue weighted by atomic mass is 10.2. The van der Waals surface area contributed by atoms with Crippen molar-refractivity contribution in [1.82, 2.24) is 18.7 Å². The van der Waals surface area contributed by atoms with E-state index in [1.807, 2.05) is 0 Å². The minimum absolute atomic E-state index is 0.0204. The fourth-order valence-electron chi connectivity index (χ4n) is 3.60. The number of aliphatic carboxylic acids is 1. The summed E-state index contributed by atoms with van der Waals surface area (Å²) in [6.45, 7) is -0.296. The van der Waals surface area contributed by atoms with Crippen LogP contribution in [0.1, 0.15) is 12.0 Å². The van der Waals surface area contributed by atoms with Gasteiger partial charge in [0.2, 0.25) is 0 Å². The maximum atomic E-state index is 13.4. The minimum atomic E-state index is -4.91. The van der Waals surface area contributed by atoms with Crippen LogP contribution in [-0.2, 0) is 20.1 Å². The number of hydrogen-bond donors (Lipinski definition) is 1. The predicted molar refractivity (Wildman–Crippen MR) is 127 cm³/mol. The number of carboxylic acids is 1. The Bertz CT molecular complexity index is 1590. The summed E-state index contributed by atoms with van der Waals surface area (Å²) in [5.41, 5.74) is -0.960. The van der Waals surface area contributed by atoms with E-state index in [2.05, 4.69) is 9.72 Å². The second-order valence-corrected chi connectivity index (χ2v) is 8.30. The third-order valence-electron chi connectivity index (χ3n) is 5.26. The monoisotopic (exact) mass is 539 g/mol. The number of benzene rings is 2. The van der Waals surface area contributed by atoms with Crippen molar-refractivity contribution in [3.8, 4) is 17.5 Å². The highest BCUT2D eigenvalue weighted by atomic mass is 35.5. The normalized spacial score (nSPS) is 11.6. The molecule has 194 valence electrons. The number of hydrogen-bond acceptors (Lipinski definition) is 5. The summed E-state index contributed by atoms with van der Waals surface area (Å²) in [6.07, 6.45) is -5.27. The van der Waals surface area contributed by atoms with Gasteiger partial charge in [0.05, 0.1) is 6.54 Å². The summed E-state index contributed by atoms with van der Waals surface area (Å²) in [4.78, 5) is 39.6. The van der Waals surface area contributed by atoms with Gasteiger partial charge in [-0.25, -0.2) is 4.79 Å². The van der Waals surface area contributed by atoms with Gasteiger partial charge in [0.15, 0.2) is 11.2 Å². The number of aliphatic hydroxyl groups excluding tert-OH is 1. The molecule has 2 heterocycles. The largest absolute Gasteiger partial charge is 0.573 e. The van der Waals surface area contributed by atoms with Gasteiger partial charge in [-0.2, -0.15) is 4.98 Å². The minimum Gasteiger partial charge on any atom is -0.425 e. The highest BCUT2D eigenvalue weighted by Gasteiger charge is 2.31. The Balaban J connectivity index is 1.87. The molecular formula is C23H19ClF3N4O6+. The van der Waals surface area contributed by atoms with Gasteiger partial charge < -0.3 is 19.4 Å². The quantitative estimate of drug-likeness (QED) is 0.340. The number of imidazole rings is 1. The number of ether oxygens (including phenoxy) is 2. The third-order valence-corrected chi connectivity index (χ3v) is 5.51. The van der Waals surface area contributed by atoms with Gasteiger partial charge in [0.1, 0.15) is 17.9 Å². The molecule has 0 saturated carbocycles. The van der Waals surface area contributed by atoms with Crippen molar-refractivity contribution in [2.45, 2.75) is 25.9 Å². The lowest BCUT2D eigenvalue weighted by molar-refractivity contribution is -0.274. The molecule has 0 aliphatic rings. The van der Waals surface area contributed by atoms with Gasteiger partial charge in [-0.15, -0.1) is 13.2 Å². The van der Waals surface area contributed by atoms with Crippen LogP contribution in [0.25, 0.3) is 11.2 Å². The van der Waals surface area contributed by atoms with E-state index in [9.17, 15) is 22.8 Å². The zero-order valence-electron chi connectivity index (χ0n) is 19.1. The molecule has 0 bridgehead atoms. The summed E-state index contributed by atoms with van der Waals surface area (Å²) in [6, 6.07) is 11.2. The molecular weight excluding hydrogens is 521 g/mol. The Labute approximate surface area is 210 Å². The number of rotatable bonds is 8. The number of aryl methyl sites for hydroxylation is 1. The highest BCUT2D eigenvalue weighted by Crippen LogP contribution is 2.30. The SMILES string of the molecule is Cn1c(=O)n(CCC(O)=[OH+])c(=O)c2c1nc(Oc1cccc(OC(F)(F)F)c1)n2Cc1ccc(Cl)cc1. The summed E-state index contributed by atoms with van der Waals surface area (Å²) in [5.74, 6) is -1.55. The van der Waals surface area contributed by atoms with Crippen molar-refractivity contribution in [3.63, 3.8) is 0 Å². The van der Waals surface area contributed by atoms with Crippen LogP contribution < -0.4 is 20.7 Å². The molecule has 0 spiro atoms. The first-order valence-corrected chi connectivity index (χ1v) is 11.0. The van der Waals surface area contributed by atoms with Crippen LogP contribution in [0, 0.1) is 0 Å². The van der Waals surface area contributed by atoms with Gasteiger partial charge in [-0.1, -0.05) is 29.8 Å². The highest BCUT2D eigenvalue weighted by molar-refractivity contribution is 6.30. The molecule has 0 radical (unpaired) electrons. The zero-order chi connectivity index (χ0) is 26.9. The van der Waals surface area contributed by atoms with Gasteiger partial charge >= 0.3 is 24.0 Å². The lowest BCUT2D eigenvalue weighted by Crippen LogP contribution is -2.40. The Morgan fingerprint density at radius 1 is 1.11 bits per heavy atom. The Kier molecular flexibility index (Phi) is 6.99. The van der Waals surface area contributed by atoms with E-state index in [4.69, 9.17) is 26.2 Å². The average Bonchev–Trinajstić information content (AvgIpc) is 3.16. The van der Waals surface area contributed by atoms with Gasteiger partial charge in [-0.3, -0.25) is 18.5 Å². The molecule has 0 fully saturated rings. The number of halogens is 4. The second-order valence-electron chi connectivity index (χ2n) is 7.87. The molecule has 10 nitrogen and oxygen atoms in total. The standard InChI is InChI=1S/C23H18ClF3N4O6/c1-29-19-18(20(34)30(22(29)35)10-9-17(32)33)31(12-13-5-7-14(24)8-6-13)21(28-19)36-15-3-2-4-16(11-15)37-23(25,26)27/h2-8,11H,9-10,12H2,1H3,(H,32,33)/p+1. The fourth-order valence-corrected chi connectivity index (χ4v) is 3.72. The average molecular weight is 540 g/mol. The molecule has 4 aromatic rings. The zero-order valence-corrected chi connectivity index (χ0v) is 19.8. The Morgan fingerprint density at radius 2 is 1.78 bits per heavy atom. The molecule has 0 aliphatic heterocycles. The molecule has 0 aliphatic carbocycles. The molecule has 2 N–H and O–H groups in total. The van der Waals surface area contributed by atoms with Crippen molar-refractivity contribution in [2.24, 2.45) is 7.05 Å². The molecule has 2 aromatic carbocycles. The fraction of sp³-hybridized carbons (Fsp3) is 0.217. The maximum Gasteiger partial charge on any atom is 0.573 e.